The molecule has 1 amide bonds. The summed E-state index contributed by atoms with van der Waals surface area (Å²) >= 11 is 13.9. The van der Waals surface area contributed by atoms with E-state index in [9.17, 15) is 14.7 Å². The van der Waals surface area contributed by atoms with E-state index in [-0.39, 0.29) is 16.5 Å². The lowest BCUT2D eigenvalue weighted by Gasteiger charge is -2.20. The van der Waals surface area contributed by atoms with E-state index in [1.165, 1.54) is 23.9 Å². The molecule has 1 aliphatic rings. The predicted molar refractivity (Wildman–Crippen MR) is 124 cm³/mol. The Morgan fingerprint density at radius 1 is 1.00 bits per heavy atom. The number of carboxylic acid groups (broad SMARTS) is 1. The molecule has 0 saturated carbocycles. The van der Waals surface area contributed by atoms with Gasteiger partial charge in [0.15, 0.2) is 0 Å². The third kappa shape index (κ3) is 4.51. The summed E-state index contributed by atoms with van der Waals surface area (Å²) in [5.41, 5.74) is 3.83. The van der Waals surface area contributed by atoms with Gasteiger partial charge >= 0.3 is 12.1 Å². The van der Waals surface area contributed by atoms with Gasteiger partial charge in [-0.2, -0.15) is 0 Å². The summed E-state index contributed by atoms with van der Waals surface area (Å²) in [5.74, 6) is -1.13. The molecule has 4 rings (SSSR count). The zero-order valence-electron chi connectivity index (χ0n) is 16.3. The Balaban J connectivity index is 1.52. The molecule has 158 valence electrons. The number of rotatable bonds is 5. The van der Waals surface area contributed by atoms with Crippen LogP contribution in [0.4, 0.5) is 10.5 Å². The molecule has 0 aromatic heterocycles. The first kappa shape index (κ1) is 21.6. The van der Waals surface area contributed by atoms with Gasteiger partial charge in [-0.15, -0.1) is 11.8 Å². The fraction of sp³-hybridized carbons (Fsp3) is 0.130. The van der Waals surface area contributed by atoms with Gasteiger partial charge < -0.3 is 9.84 Å². The number of thioether (sulfide) groups is 1. The quantitative estimate of drug-likeness (QED) is 0.386. The number of aromatic carboxylic acids is 1. The van der Waals surface area contributed by atoms with Crippen molar-refractivity contribution in [3.05, 3.63) is 87.4 Å². The van der Waals surface area contributed by atoms with Crippen LogP contribution in [0.15, 0.2) is 60.7 Å². The van der Waals surface area contributed by atoms with Gasteiger partial charge in [0.25, 0.3) is 0 Å². The second-order valence-corrected chi connectivity index (χ2v) is 9.21. The van der Waals surface area contributed by atoms with Crippen LogP contribution in [0, 0.1) is 0 Å². The van der Waals surface area contributed by atoms with E-state index in [2.05, 4.69) is 5.32 Å². The maximum atomic E-state index is 12.4. The number of carbonyl (C=O) groups excluding carboxylic acids is 1. The summed E-state index contributed by atoms with van der Waals surface area (Å²) in [5, 5.41) is 12.9. The summed E-state index contributed by atoms with van der Waals surface area (Å²) in [6, 6.07) is 17.6. The topological polar surface area (TPSA) is 75.6 Å². The normalized spacial score (nSPS) is 13.3. The van der Waals surface area contributed by atoms with Gasteiger partial charge in [-0.05, 0) is 65.6 Å². The Hall–Kier alpha value is -2.67. The van der Waals surface area contributed by atoms with Gasteiger partial charge in [0.1, 0.15) is 5.44 Å². The number of para-hydroxylation sites is 1. The van der Waals surface area contributed by atoms with E-state index in [1.807, 2.05) is 36.4 Å². The van der Waals surface area contributed by atoms with Crippen LogP contribution in [-0.2, 0) is 4.74 Å². The molecule has 5 nitrogen and oxygen atoms in total. The molecule has 3 aromatic rings. The number of hydrogen-bond acceptors (Lipinski definition) is 4. The summed E-state index contributed by atoms with van der Waals surface area (Å²) < 4.78 is 5.50. The number of fused-ring (bicyclic) bond motifs is 3. The molecule has 0 bridgehead atoms. The smallest absolute Gasteiger partial charge is 0.412 e. The fourth-order valence-corrected chi connectivity index (χ4v) is 5.16. The van der Waals surface area contributed by atoms with Crippen molar-refractivity contribution >= 4 is 52.7 Å². The molecule has 0 heterocycles. The zero-order chi connectivity index (χ0) is 22.1. The van der Waals surface area contributed by atoms with E-state index in [0.717, 1.165) is 22.3 Å². The summed E-state index contributed by atoms with van der Waals surface area (Å²) in [4.78, 5) is 23.7. The van der Waals surface area contributed by atoms with Crippen molar-refractivity contribution in [3.8, 4) is 11.1 Å². The number of benzene rings is 3. The molecule has 0 radical (unpaired) electrons. The standard InChI is InChI=1S/C23H17Cl2NO4S/c1-12(30-23(29)26-20-5-3-2-4-17(20)22(27)28)31-21-18-10-13(24)6-8-15(18)16-9-7-14(25)11-19(16)21/h2-12,21H,1H3,(H,26,29)(H,27,28). The van der Waals surface area contributed by atoms with Gasteiger partial charge in [0.2, 0.25) is 0 Å². The summed E-state index contributed by atoms with van der Waals surface area (Å²) in [7, 11) is 0. The molecule has 0 fully saturated rings. The molecular formula is C23H17Cl2NO4S. The molecule has 1 atom stereocenters. The maximum Gasteiger partial charge on any atom is 0.412 e. The van der Waals surface area contributed by atoms with Crippen molar-refractivity contribution in [2.24, 2.45) is 0 Å². The molecule has 1 aliphatic carbocycles. The second kappa shape index (κ2) is 8.83. The highest BCUT2D eigenvalue weighted by atomic mass is 35.5. The molecule has 0 aliphatic heterocycles. The van der Waals surface area contributed by atoms with Gasteiger partial charge in [0.05, 0.1) is 16.5 Å². The number of anilines is 1. The minimum atomic E-state index is -1.13. The highest BCUT2D eigenvalue weighted by molar-refractivity contribution is 8.00. The molecular weight excluding hydrogens is 457 g/mol. The maximum absolute atomic E-state index is 12.4. The lowest BCUT2D eigenvalue weighted by Crippen LogP contribution is -2.20. The lowest BCUT2D eigenvalue weighted by atomic mass is 10.1. The minimum absolute atomic E-state index is 0.0114. The number of nitrogens with one attached hydrogen (secondary N) is 1. The predicted octanol–water partition coefficient (Wildman–Crippen LogP) is 7.09. The number of amides is 1. The largest absolute Gasteiger partial charge is 0.478 e. The number of carboxylic acids is 1. The van der Waals surface area contributed by atoms with Crippen LogP contribution < -0.4 is 5.32 Å². The minimum Gasteiger partial charge on any atom is -0.478 e. The third-order valence-electron chi connectivity index (χ3n) is 4.88. The van der Waals surface area contributed by atoms with Crippen LogP contribution in [0.25, 0.3) is 11.1 Å². The van der Waals surface area contributed by atoms with Crippen LogP contribution in [0.1, 0.15) is 33.7 Å². The van der Waals surface area contributed by atoms with E-state index >= 15 is 0 Å². The third-order valence-corrected chi connectivity index (χ3v) is 6.61. The summed E-state index contributed by atoms with van der Waals surface area (Å²) in [6.07, 6.45) is -0.732. The first-order valence-corrected chi connectivity index (χ1v) is 11.1. The average Bonchev–Trinajstić information content (AvgIpc) is 3.00. The summed E-state index contributed by atoms with van der Waals surface area (Å²) in [6.45, 7) is 1.76. The first-order valence-electron chi connectivity index (χ1n) is 9.38. The second-order valence-electron chi connectivity index (χ2n) is 6.93. The Bertz CT molecular complexity index is 1130. The van der Waals surface area contributed by atoms with Crippen molar-refractivity contribution in [1.82, 2.24) is 0 Å². The van der Waals surface area contributed by atoms with E-state index in [1.54, 1.807) is 19.1 Å². The van der Waals surface area contributed by atoms with Crippen molar-refractivity contribution in [2.75, 3.05) is 5.32 Å². The molecule has 1 unspecified atom stereocenters. The average molecular weight is 474 g/mol. The van der Waals surface area contributed by atoms with Crippen molar-refractivity contribution in [2.45, 2.75) is 17.6 Å². The van der Waals surface area contributed by atoms with Crippen LogP contribution in [-0.4, -0.2) is 22.6 Å². The fourth-order valence-electron chi connectivity index (χ4n) is 3.59. The monoisotopic (exact) mass is 473 g/mol. The highest BCUT2D eigenvalue weighted by Crippen LogP contribution is 2.52. The van der Waals surface area contributed by atoms with Crippen LogP contribution >= 0.6 is 35.0 Å². The SMILES string of the molecule is CC(OC(=O)Nc1ccccc1C(=O)O)SC1c2cc(Cl)ccc2-c2ccc(Cl)cc21. The molecule has 0 saturated heterocycles. The van der Waals surface area contributed by atoms with Crippen LogP contribution in [0.5, 0.6) is 0 Å². The number of halogens is 2. The number of ether oxygens (including phenoxy) is 1. The van der Waals surface area contributed by atoms with Gasteiger partial charge in [-0.25, -0.2) is 9.59 Å². The first-order chi connectivity index (χ1) is 14.8. The molecule has 0 spiro atoms. The van der Waals surface area contributed by atoms with Crippen LogP contribution in [0.2, 0.25) is 10.0 Å². The molecule has 2 N–H and O–H groups in total. The van der Waals surface area contributed by atoms with Gasteiger partial charge in [0, 0.05) is 10.0 Å². The van der Waals surface area contributed by atoms with Gasteiger partial charge in [-0.1, -0.05) is 47.5 Å². The molecule has 3 aromatic carbocycles. The molecule has 31 heavy (non-hydrogen) atoms. The van der Waals surface area contributed by atoms with E-state index in [0.29, 0.717) is 10.0 Å². The lowest BCUT2D eigenvalue weighted by molar-refractivity contribution is 0.0698. The Morgan fingerprint density at radius 3 is 2.16 bits per heavy atom. The zero-order valence-corrected chi connectivity index (χ0v) is 18.6. The Morgan fingerprint density at radius 2 is 1.58 bits per heavy atom. The van der Waals surface area contributed by atoms with E-state index < -0.39 is 17.5 Å². The Kier molecular flexibility index (Phi) is 6.14. The van der Waals surface area contributed by atoms with Gasteiger partial charge in [-0.3, -0.25) is 5.32 Å². The van der Waals surface area contributed by atoms with Crippen molar-refractivity contribution < 1.29 is 19.4 Å². The van der Waals surface area contributed by atoms with Crippen LogP contribution in [0.3, 0.4) is 0 Å². The van der Waals surface area contributed by atoms with E-state index in [4.69, 9.17) is 27.9 Å². The van der Waals surface area contributed by atoms with Crippen molar-refractivity contribution in [3.63, 3.8) is 0 Å². The highest BCUT2D eigenvalue weighted by Gasteiger charge is 2.31. The number of hydrogen-bond donors (Lipinski definition) is 2. The number of carbonyl (C=O) groups is 2. The van der Waals surface area contributed by atoms with Crippen molar-refractivity contribution in [1.29, 1.82) is 0 Å². The Labute approximate surface area is 193 Å². The molecule has 8 heteroatoms.